The van der Waals surface area contributed by atoms with Crippen LogP contribution in [0, 0.1) is 0 Å². The predicted molar refractivity (Wildman–Crippen MR) is 45.9 cm³/mol. The van der Waals surface area contributed by atoms with Gasteiger partial charge in [-0.1, -0.05) is 13.8 Å². The van der Waals surface area contributed by atoms with Crippen molar-refractivity contribution in [2.24, 2.45) is 5.73 Å². The summed E-state index contributed by atoms with van der Waals surface area (Å²) in [6, 6.07) is 0. The van der Waals surface area contributed by atoms with Gasteiger partial charge in [-0.2, -0.15) is 11.8 Å². The van der Waals surface area contributed by atoms with E-state index in [2.05, 4.69) is 27.7 Å². The van der Waals surface area contributed by atoms with E-state index < -0.39 is 0 Å². The summed E-state index contributed by atoms with van der Waals surface area (Å²) in [5, 5.41) is 0.684. The van der Waals surface area contributed by atoms with Crippen LogP contribution >= 0.6 is 11.8 Å². The molecule has 0 amide bonds. The first-order chi connectivity index (χ1) is 3.98. The summed E-state index contributed by atoms with van der Waals surface area (Å²) >= 11 is 1.93. The second kappa shape index (κ2) is 3.47. The summed E-state index contributed by atoms with van der Waals surface area (Å²) in [6.45, 7) is 9.51. The molecule has 0 aromatic heterocycles. The number of thioether (sulfide) groups is 1. The Balaban J connectivity index is 3.58. The lowest BCUT2D eigenvalue weighted by Gasteiger charge is -2.23. The molecule has 0 saturated carbocycles. The van der Waals surface area contributed by atoms with Crippen molar-refractivity contribution in [3.63, 3.8) is 0 Å². The van der Waals surface area contributed by atoms with Crippen LogP contribution in [0.3, 0.4) is 0 Å². The largest absolute Gasteiger partial charge is 0.329 e. The van der Waals surface area contributed by atoms with Crippen LogP contribution < -0.4 is 5.73 Å². The zero-order valence-corrected chi connectivity index (χ0v) is 7.59. The Morgan fingerprint density at radius 1 is 1.44 bits per heavy atom. The molecular formula is C7H17NS. The third-order valence-electron chi connectivity index (χ3n) is 1.05. The van der Waals surface area contributed by atoms with Gasteiger partial charge in [0.25, 0.3) is 0 Å². The van der Waals surface area contributed by atoms with Gasteiger partial charge in [0, 0.05) is 11.3 Å². The molecule has 0 aromatic rings. The topological polar surface area (TPSA) is 26.0 Å². The van der Waals surface area contributed by atoms with Crippen molar-refractivity contribution in [1.82, 2.24) is 0 Å². The van der Waals surface area contributed by atoms with E-state index in [1.165, 1.54) is 0 Å². The molecule has 2 heteroatoms. The van der Waals surface area contributed by atoms with Crippen molar-refractivity contribution >= 4 is 11.8 Å². The van der Waals surface area contributed by atoms with Gasteiger partial charge in [0.05, 0.1) is 0 Å². The highest BCUT2D eigenvalue weighted by Crippen LogP contribution is 2.26. The van der Waals surface area contributed by atoms with E-state index in [0.717, 1.165) is 6.54 Å². The Hall–Kier alpha value is 0.310. The Morgan fingerprint density at radius 2 is 1.89 bits per heavy atom. The van der Waals surface area contributed by atoms with E-state index in [0.29, 0.717) is 5.25 Å². The molecule has 0 saturated heterocycles. The van der Waals surface area contributed by atoms with Gasteiger partial charge in [0.1, 0.15) is 0 Å². The first-order valence-corrected chi connectivity index (χ1v) is 4.24. The molecule has 0 bridgehead atoms. The van der Waals surface area contributed by atoms with E-state index in [1.54, 1.807) is 0 Å². The molecule has 0 aliphatic carbocycles. The van der Waals surface area contributed by atoms with E-state index in [9.17, 15) is 0 Å². The van der Waals surface area contributed by atoms with Crippen molar-refractivity contribution in [3.8, 4) is 0 Å². The second-order valence-electron chi connectivity index (χ2n) is 3.13. The zero-order chi connectivity index (χ0) is 7.49. The molecule has 0 spiro atoms. The number of nitrogens with two attached hydrogens (primary N) is 1. The summed E-state index contributed by atoms with van der Waals surface area (Å²) in [4.78, 5) is 0. The van der Waals surface area contributed by atoms with E-state index >= 15 is 0 Å². The predicted octanol–water partition coefficient (Wildman–Crippen LogP) is 1.87. The van der Waals surface area contributed by atoms with Gasteiger partial charge in [-0.3, -0.25) is 0 Å². The highest BCUT2D eigenvalue weighted by Gasteiger charge is 2.16. The van der Waals surface area contributed by atoms with E-state index in [4.69, 9.17) is 5.73 Å². The molecule has 0 aliphatic heterocycles. The lowest BCUT2D eigenvalue weighted by Crippen LogP contribution is -2.28. The average Bonchev–Trinajstić information content (AvgIpc) is 1.63. The molecule has 0 atom stereocenters. The van der Waals surface area contributed by atoms with Gasteiger partial charge in [0.15, 0.2) is 0 Å². The number of hydrogen-bond acceptors (Lipinski definition) is 2. The number of rotatable bonds is 3. The lowest BCUT2D eigenvalue weighted by molar-refractivity contribution is 0.718. The van der Waals surface area contributed by atoms with Crippen LogP contribution in [0.1, 0.15) is 27.7 Å². The lowest BCUT2D eigenvalue weighted by atomic mass is 10.2. The van der Waals surface area contributed by atoms with Crippen molar-refractivity contribution in [1.29, 1.82) is 0 Å². The zero-order valence-electron chi connectivity index (χ0n) is 6.77. The van der Waals surface area contributed by atoms with Crippen LogP contribution in [0.5, 0.6) is 0 Å². The van der Waals surface area contributed by atoms with E-state index in [-0.39, 0.29) is 4.75 Å². The third-order valence-corrected chi connectivity index (χ3v) is 2.32. The average molecular weight is 147 g/mol. The molecule has 0 unspecified atom stereocenters. The first kappa shape index (κ1) is 9.31. The highest BCUT2D eigenvalue weighted by molar-refractivity contribution is 8.01. The molecule has 0 aliphatic rings. The molecular weight excluding hydrogens is 130 g/mol. The maximum atomic E-state index is 5.53. The molecule has 0 aromatic carbocycles. The van der Waals surface area contributed by atoms with Crippen LogP contribution in [0.4, 0.5) is 0 Å². The minimum absolute atomic E-state index is 0.258. The number of hydrogen-bond donors (Lipinski definition) is 1. The molecule has 9 heavy (non-hydrogen) atoms. The summed E-state index contributed by atoms with van der Waals surface area (Å²) in [5.74, 6) is 0. The van der Waals surface area contributed by atoms with Gasteiger partial charge < -0.3 is 5.73 Å². The van der Waals surface area contributed by atoms with Crippen LogP contribution in [0.2, 0.25) is 0 Å². The monoisotopic (exact) mass is 147 g/mol. The maximum Gasteiger partial charge on any atom is 0.0228 e. The van der Waals surface area contributed by atoms with Crippen LogP contribution in [0.25, 0.3) is 0 Å². The normalized spacial score (nSPS) is 12.7. The fourth-order valence-corrected chi connectivity index (χ4v) is 2.06. The quantitative estimate of drug-likeness (QED) is 0.659. The summed E-state index contributed by atoms with van der Waals surface area (Å²) in [7, 11) is 0. The minimum Gasteiger partial charge on any atom is -0.329 e. The summed E-state index contributed by atoms with van der Waals surface area (Å²) < 4.78 is 0.258. The fourth-order valence-electron chi connectivity index (χ4n) is 0.686. The van der Waals surface area contributed by atoms with Crippen LogP contribution in [0.15, 0.2) is 0 Å². The van der Waals surface area contributed by atoms with E-state index in [1.807, 2.05) is 11.8 Å². The van der Waals surface area contributed by atoms with Gasteiger partial charge in [-0.15, -0.1) is 0 Å². The van der Waals surface area contributed by atoms with Crippen molar-refractivity contribution < 1.29 is 0 Å². The SMILES string of the molecule is CC(C)SC(C)(C)CN. The Morgan fingerprint density at radius 3 is 2.00 bits per heavy atom. The summed E-state index contributed by atoms with van der Waals surface area (Å²) in [6.07, 6.45) is 0. The standard InChI is InChI=1S/C7H17NS/c1-6(2)9-7(3,4)5-8/h6H,5,8H2,1-4H3. The molecule has 0 fully saturated rings. The van der Waals surface area contributed by atoms with Gasteiger partial charge >= 0.3 is 0 Å². The highest BCUT2D eigenvalue weighted by atomic mass is 32.2. The Bertz CT molecular complexity index is 79.0. The van der Waals surface area contributed by atoms with Gasteiger partial charge in [0.2, 0.25) is 0 Å². The molecule has 2 N–H and O–H groups in total. The van der Waals surface area contributed by atoms with Gasteiger partial charge in [-0.05, 0) is 19.1 Å². The molecule has 0 radical (unpaired) electrons. The van der Waals surface area contributed by atoms with Crippen molar-refractivity contribution in [3.05, 3.63) is 0 Å². The smallest absolute Gasteiger partial charge is 0.0228 e. The maximum absolute atomic E-state index is 5.53. The van der Waals surface area contributed by atoms with Gasteiger partial charge in [-0.25, -0.2) is 0 Å². The minimum atomic E-state index is 0.258. The summed E-state index contributed by atoms with van der Waals surface area (Å²) in [5.41, 5.74) is 5.53. The third kappa shape index (κ3) is 4.79. The molecule has 56 valence electrons. The van der Waals surface area contributed by atoms with Crippen LogP contribution in [-0.4, -0.2) is 16.5 Å². The first-order valence-electron chi connectivity index (χ1n) is 3.36. The van der Waals surface area contributed by atoms with Crippen molar-refractivity contribution in [2.45, 2.75) is 37.7 Å². The molecule has 0 heterocycles. The fraction of sp³-hybridized carbons (Fsp3) is 1.00. The molecule has 1 nitrogen and oxygen atoms in total. The molecule has 0 rings (SSSR count). The van der Waals surface area contributed by atoms with Crippen molar-refractivity contribution in [2.75, 3.05) is 6.54 Å². The Kier molecular flexibility index (Phi) is 3.59. The Labute approximate surface area is 62.4 Å². The second-order valence-corrected chi connectivity index (χ2v) is 5.41. The van der Waals surface area contributed by atoms with Crippen LogP contribution in [-0.2, 0) is 0 Å².